The summed E-state index contributed by atoms with van der Waals surface area (Å²) < 4.78 is 3.73. The van der Waals surface area contributed by atoms with Gasteiger partial charge in [-0.2, -0.15) is 5.10 Å². The summed E-state index contributed by atoms with van der Waals surface area (Å²) in [6, 6.07) is 0. The lowest BCUT2D eigenvalue weighted by Crippen LogP contribution is -2.00. The molecule has 0 saturated carbocycles. The van der Waals surface area contributed by atoms with E-state index in [9.17, 15) is 0 Å². The van der Waals surface area contributed by atoms with Gasteiger partial charge in [0.05, 0.1) is 12.7 Å². The van der Waals surface area contributed by atoms with Gasteiger partial charge in [0.1, 0.15) is 5.65 Å². The molecule has 66 valence electrons. The second-order valence-corrected chi connectivity index (χ2v) is 2.77. The zero-order valence-electron chi connectivity index (χ0n) is 7.14. The molecule has 13 heavy (non-hydrogen) atoms. The molecule has 0 aliphatic heterocycles. The van der Waals surface area contributed by atoms with Crippen LogP contribution in [0.3, 0.4) is 0 Å². The maximum absolute atomic E-state index is 5.57. The predicted octanol–water partition coefficient (Wildman–Crippen LogP) is 0.228. The lowest BCUT2D eigenvalue weighted by molar-refractivity contribution is 0.862. The summed E-state index contributed by atoms with van der Waals surface area (Å²) in [5, 5.41) is 4.14. The van der Waals surface area contributed by atoms with Crippen molar-refractivity contribution in [3.63, 3.8) is 0 Å². The highest BCUT2D eigenvalue weighted by Gasteiger charge is 2.06. The summed E-state index contributed by atoms with van der Waals surface area (Å²) >= 11 is 0. The van der Waals surface area contributed by atoms with E-state index in [4.69, 9.17) is 12.2 Å². The molecule has 0 spiro atoms. The fourth-order valence-electron chi connectivity index (χ4n) is 1.40. The third-order valence-corrected chi connectivity index (χ3v) is 1.98. The van der Waals surface area contributed by atoms with Gasteiger partial charge in [-0.1, -0.05) is 5.92 Å². The molecule has 0 aliphatic rings. The van der Waals surface area contributed by atoms with E-state index in [1.165, 1.54) is 0 Å². The second kappa shape index (κ2) is 2.96. The average molecular weight is 174 g/mol. The van der Waals surface area contributed by atoms with E-state index in [2.05, 4.69) is 11.0 Å². The zero-order chi connectivity index (χ0) is 9.26. The molecule has 0 radical (unpaired) electrons. The summed E-state index contributed by atoms with van der Waals surface area (Å²) in [7, 11) is 0. The van der Waals surface area contributed by atoms with Crippen molar-refractivity contribution in [2.75, 3.05) is 0 Å². The number of hydrogen-bond acceptors (Lipinski definition) is 2. The molecule has 0 bridgehead atoms. The number of imidazole rings is 1. The second-order valence-electron chi connectivity index (χ2n) is 2.77. The standard InChI is InChI=1S/C9H10N4/c1-2-3-12-4-5-13-9(12)8(6-10)7-11-13/h1,4-5,7H,3,6,10H2. The average Bonchev–Trinajstić information content (AvgIpc) is 2.68. The summed E-state index contributed by atoms with van der Waals surface area (Å²) in [5.41, 5.74) is 7.57. The minimum atomic E-state index is 0.484. The van der Waals surface area contributed by atoms with Crippen LogP contribution >= 0.6 is 0 Å². The van der Waals surface area contributed by atoms with Crippen LogP contribution in [0.25, 0.3) is 5.65 Å². The first-order chi connectivity index (χ1) is 6.36. The summed E-state index contributed by atoms with van der Waals surface area (Å²) in [4.78, 5) is 0. The van der Waals surface area contributed by atoms with E-state index < -0.39 is 0 Å². The Morgan fingerprint density at radius 2 is 2.38 bits per heavy atom. The Bertz CT molecular complexity index is 457. The van der Waals surface area contributed by atoms with Crippen LogP contribution in [-0.4, -0.2) is 14.2 Å². The molecule has 2 heterocycles. The summed E-state index contributed by atoms with van der Waals surface area (Å²) in [6.45, 7) is 1.03. The lowest BCUT2D eigenvalue weighted by Gasteiger charge is -1.98. The van der Waals surface area contributed by atoms with E-state index in [0.717, 1.165) is 11.2 Å². The number of aromatic nitrogens is 3. The number of terminal acetylenes is 1. The van der Waals surface area contributed by atoms with Gasteiger partial charge in [-0.05, 0) is 0 Å². The van der Waals surface area contributed by atoms with Crippen LogP contribution in [-0.2, 0) is 13.1 Å². The van der Waals surface area contributed by atoms with Gasteiger partial charge in [0.2, 0.25) is 0 Å². The first-order valence-corrected chi connectivity index (χ1v) is 4.01. The number of fused-ring (bicyclic) bond motifs is 1. The highest BCUT2D eigenvalue weighted by molar-refractivity contribution is 5.48. The number of rotatable bonds is 2. The molecule has 0 fully saturated rings. The van der Waals surface area contributed by atoms with E-state index in [-0.39, 0.29) is 0 Å². The molecule has 0 aliphatic carbocycles. The van der Waals surface area contributed by atoms with Crippen molar-refractivity contribution in [1.82, 2.24) is 14.2 Å². The largest absolute Gasteiger partial charge is 0.326 e. The summed E-state index contributed by atoms with van der Waals surface area (Å²) in [5.74, 6) is 2.58. The minimum Gasteiger partial charge on any atom is -0.326 e. The quantitative estimate of drug-likeness (QED) is 0.662. The van der Waals surface area contributed by atoms with Gasteiger partial charge < -0.3 is 10.3 Å². The first kappa shape index (κ1) is 7.90. The number of nitrogens with two attached hydrogens (primary N) is 1. The fraction of sp³-hybridized carbons (Fsp3) is 0.222. The van der Waals surface area contributed by atoms with E-state index in [0.29, 0.717) is 13.1 Å². The zero-order valence-corrected chi connectivity index (χ0v) is 7.14. The smallest absolute Gasteiger partial charge is 0.141 e. The molecule has 0 saturated heterocycles. The molecule has 4 heteroatoms. The molecule has 0 atom stereocenters. The molecule has 2 rings (SSSR count). The molecule has 4 nitrogen and oxygen atoms in total. The Morgan fingerprint density at radius 3 is 3.08 bits per heavy atom. The van der Waals surface area contributed by atoms with Crippen LogP contribution in [0.5, 0.6) is 0 Å². The SMILES string of the molecule is C#CCn1ccn2ncc(CN)c12. The van der Waals surface area contributed by atoms with Gasteiger partial charge in [-0.15, -0.1) is 6.42 Å². The molecule has 2 aromatic heterocycles. The maximum atomic E-state index is 5.57. The van der Waals surface area contributed by atoms with Gasteiger partial charge in [0.15, 0.2) is 0 Å². The molecule has 0 amide bonds. The lowest BCUT2D eigenvalue weighted by atomic mass is 10.3. The van der Waals surface area contributed by atoms with Crippen LogP contribution in [0.4, 0.5) is 0 Å². The fourth-order valence-corrected chi connectivity index (χ4v) is 1.40. The molecular weight excluding hydrogens is 164 g/mol. The number of hydrogen-bond donors (Lipinski definition) is 1. The highest BCUT2D eigenvalue weighted by atomic mass is 15.3. The monoisotopic (exact) mass is 174 g/mol. The van der Waals surface area contributed by atoms with Crippen molar-refractivity contribution >= 4 is 5.65 Å². The molecule has 0 aromatic carbocycles. The topological polar surface area (TPSA) is 48.2 Å². The van der Waals surface area contributed by atoms with Crippen molar-refractivity contribution in [2.24, 2.45) is 5.73 Å². The van der Waals surface area contributed by atoms with Crippen molar-refractivity contribution in [2.45, 2.75) is 13.1 Å². The van der Waals surface area contributed by atoms with Gasteiger partial charge in [0.25, 0.3) is 0 Å². The van der Waals surface area contributed by atoms with Crippen molar-refractivity contribution in [3.05, 3.63) is 24.2 Å². The Hall–Kier alpha value is -1.73. The van der Waals surface area contributed by atoms with Gasteiger partial charge in [-0.25, -0.2) is 4.52 Å². The van der Waals surface area contributed by atoms with Crippen LogP contribution < -0.4 is 5.73 Å². The molecule has 2 aromatic rings. The number of nitrogens with zero attached hydrogens (tertiary/aromatic N) is 3. The predicted molar refractivity (Wildman–Crippen MR) is 49.9 cm³/mol. The van der Waals surface area contributed by atoms with Gasteiger partial charge >= 0.3 is 0 Å². The van der Waals surface area contributed by atoms with Crippen molar-refractivity contribution in [1.29, 1.82) is 0 Å². The van der Waals surface area contributed by atoms with Crippen LogP contribution in [0, 0.1) is 12.3 Å². The molecule has 0 unspecified atom stereocenters. The third-order valence-electron chi connectivity index (χ3n) is 1.98. The van der Waals surface area contributed by atoms with Crippen molar-refractivity contribution in [3.8, 4) is 12.3 Å². The Morgan fingerprint density at radius 1 is 1.54 bits per heavy atom. The molecular formula is C9H10N4. The van der Waals surface area contributed by atoms with Crippen LogP contribution in [0.1, 0.15) is 5.56 Å². The van der Waals surface area contributed by atoms with Gasteiger partial charge in [0, 0.05) is 24.5 Å². The van der Waals surface area contributed by atoms with Crippen LogP contribution in [0.15, 0.2) is 18.6 Å². The normalized spacial score (nSPS) is 10.5. The first-order valence-electron chi connectivity index (χ1n) is 4.01. The Labute approximate surface area is 76.0 Å². The maximum Gasteiger partial charge on any atom is 0.141 e. The van der Waals surface area contributed by atoms with Crippen LogP contribution in [0.2, 0.25) is 0 Å². The Kier molecular flexibility index (Phi) is 1.80. The third kappa shape index (κ3) is 1.10. The Balaban J connectivity index is 2.63. The van der Waals surface area contributed by atoms with Gasteiger partial charge in [-0.3, -0.25) is 0 Å². The van der Waals surface area contributed by atoms with E-state index in [1.54, 1.807) is 10.7 Å². The molecule has 2 N–H and O–H groups in total. The van der Waals surface area contributed by atoms with E-state index >= 15 is 0 Å². The highest BCUT2D eigenvalue weighted by Crippen LogP contribution is 2.10. The summed E-state index contributed by atoms with van der Waals surface area (Å²) in [6.07, 6.45) is 10.8. The van der Waals surface area contributed by atoms with E-state index in [1.807, 2.05) is 17.0 Å². The van der Waals surface area contributed by atoms with Crippen molar-refractivity contribution < 1.29 is 0 Å². The minimum absolute atomic E-state index is 0.484.